The van der Waals surface area contributed by atoms with Crippen LogP contribution in [0.15, 0.2) is 12.1 Å². The van der Waals surface area contributed by atoms with Crippen LogP contribution in [-0.2, 0) is 0 Å². The van der Waals surface area contributed by atoms with Gasteiger partial charge in [-0.1, -0.05) is 11.6 Å². The van der Waals surface area contributed by atoms with Crippen LogP contribution >= 0.6 is 11.6 Å². The Bertz CT molecular complexity index is 351. The molecule has 0 aliphatic rings. The molecule has 0 radical (unpaired) electrons. The van der Waals surface area contributed by atoms with Crippen molar-refractivity contribution in [3.63, 3.8) is 0 Å². The highest BCUT2D eigenvalue weighted by Crippen LogP contribution is 2.34. The van der Waals surface area contributed by atoms with Crippen molar-refractivity contribution < 1.29 is 4.74 Å². The number of nitrogen functional groups attached to an aromatic ring is 1. The van der Waals surface area contributed by atoms with E-state index in [1.165, 1.54) is 0 Å². The molecule has 0 aliphatic heterocycles. The summed E-state index contributed by atoms with van der Waals surface area (Å²) in [6, 6.07) is 3.82. The van der Waals surface area contributed by atoms with Crippen molar-refractivity contribution >= 4 is 23.0 Å². The Labute approximate surface area is 102 Å². The molecule has 1 aromatic carbocycles. The largest absolute Gasteiger partial charge is 0.492 e. The van der Waals surface area contributed by atoms with Crippen LogP contribution in [0.3, 0.4) is 0 Å². The standard InChI is InChI=1S/C12H19ClN2O/c1-4-15(5-2)9-7-10(13)12(14)11(8-9)16-6-3/h7-8H,4-6,14H2,1-3H3. The Morgan fingerprint density at radius 1 is 1.25 bits per heavy atom. The van der Waals surface area contributed by atoms with Gasteiger partial charge in [0.1, 0.15) is 5.75 Å². The number of halogens is 1. The summed E-state index contributed by atoms with van der Waals surface area (Å²) in [4.78, 5) is 2.20. The van der Waals surface area contributed by atoms with E-state index in [4.69, 9.17) is 22.1 Å². The molecule has 0 atom stereocenters. The van der Waals surface area contributed by atoms with Crippen LogP contribution in [0.2, 0.25) is 5.02 Å². The van der Waals surface area contributed by atoms with Crippen molar-refractivity contribution in [1.29, 1.82) is 0 Å². The molecule has 90 valence electrons. The molecule has 3 nitrogen and oxygen atoms in total. The van der Waals surface area contributed by atoms with Crippen molar-refractivity contribution in [3.05, 3.63) is 17.2 Å². The minimum absolute atomic E-state index is 0.513. The second kappa shape index (κ2) is 5.85. The third kappa shape index (κ3) is 2.73. The second-order valence-corrected chi connectivity index (χ2v) is 3.85. The zero-order chi connectivity index (χ0) is 12.1. The van der Waals surface area contributed by atoms with Crippen LogP contribution in [0.25, 0.3) is 0 Å². The lowest BCUT2D eigenvalue weighted by molar-refractivity contribution is 0.342. The van der Waals surface area contributed by atoms with Gasteiger partial charge in [0.05, 0.1) is 17.3 Å². The fourth-order valence-electron chi connectivity index (χ4n) is 1.63. The third-order valence-corrected chi connectivity index (χ3v) is 2.82. The van der Waals surface area contributed by atoms with Crippen LogP contribution in [0.4, 0.5) is 11.4 Å². The number of benzene rings is 1. The Balaban J connectivity index is 3.12. The molecule has 0 unspecified atom stereocenters. The van der Waals surface area contributed by atoms with E-state index in [0.29, 0.717) is 23.1 Å². The van der Waals surface area contributed by atoms with E-state index in [9.17, 15) is 0 Å². The first-order valence-corrected chi connectivity index (χ1v) is 5.98. The summed E-state index contributed by atoms with van der Waals surface area (Å²) >= 11 is 6.08. The minimum Gasteiger partial charge on any atom is -0.492 e. The SMILES string of the molecule is CCOc1cc(N(CC)CC)cc(Cl)c1N. The first kappa shape index (κ1) is 13.0. The molecule has 1 aromatic rings. The van der Waals surface area contributed by atoms with Crippen LogP contribution in [0.1, 0.15) is 20.8 Å². The van der Waals surface area contributed by atoms with Crippen LogP contribution < -0.4 is 15.4 Å². The molecule has 4 heteroatoms. The third-order valence-electron chi connectivity index (χ3n) is 2.50. The van der Waals surface area contributed by atoms with Gasteiger partial charge in [-0.3, -0.25) is 0 Å². The van der Waals surface area contributed by atoms with E-state index in [1.807, 2.05) is 19.1 Å². The highest BCUT2D eigenvalue weighted by molar-refractivity contribution is 6.33. The second-order valence-electron chi connectivity index (χ2n) is 3.44. The molecule has 0 saturated heterocycles. The Morgan fingerprint density at radius 2 is 1.88 bits per heavy atom. The molecular formula is C12H19ClN2O. The average Bonchev–Trinajstić information content (AvgIpc) is 2.27. The Morgan fingerprint density at radius 3 is 2.38 bits per heavy atom. The van der Waals surface area contributed by atoms with Crippen molar-refractivity contribution in [3.8, 4) is 5.75 Å². The van der Waals surface area contributed by atoms with Gasteiger partial charge in [-0.05, 0) is 26.8 Å². The zero-order valence-corrected chi connectivity index (χ0v) is 10.8. The van der Waals surface area contributed by atoms with Crippen molar-refractivity contribution in [1.82, 2.24) is 0 Å². The molecule has 0 fully saturated rings. The topological polar surface area (TPSA) is 38.5 Å². The molecule has 0 amide bonds. The Kier molecular flexibility index (Phi) is 4.74. The summed E-state index contributed by atoms with van der Waals surface area (Å²) in [6.45, 7) is 8.59. The number of hydrogen-bond donors (Lipinski definition) is 1. The van der Waals surface area contributed by atoms with E-state index in [0.717, 1.165) is 18.8 Å². The summed E-state index contributed by atoms with van der Waals surface area (Å²) < 4.78 is 5.46. The fourth-order valence-corrected chi connectivity index (χ4v) is 1.83. The number of rotatable bonds is 5. The first-order valence-electron chi connectivity index (χ1n) is 5.60. The highest BCUT2D eigenvalue weighted by atomic mass is 35.5. The van der Waals surface area contributed by atoms with Gasteiger partial charge >= 0.3 is 0 Å². The van der Waals surface area contributed by atoms with Crippen molar-refractivity contribution in [2.45, 2.75) is 20.8 Å². The van der Waals surface area contributed by atoms with E-state index in [1.54, 1.807) is 0 Å². The van der Waals surface area contributed by atoms with E-state index < -0.39 is 0 Å². The molecule has 1 rings (SSSR count). The van der Waals surface area contributed by atoms with Gasteiger partial charge in [0.2, 0.25) is 0 Å². The quantitative estimate of drug-likeness (QED) is 0.806. The molecule has 0 saturated carbocycles. The van der Waals surface area contributed by atoms with Gasteiger partial charge in [0.15, 0.2) is 0 Å². The van der Waals surface area contributed by atoms with Crippen LogP contribution in [0, 0.1) is 0 Å². The molecule has 0 heterocycles. The smallest absolute Gasteiger partial charge is 0.145 e. The first-order chi connectivity index (χ1) is 7.63. The lowest BCUT2D eigenvalue weighted by Gasteiger charge is -2.22. The number of hydrogen-bond acceptors (Lipinski definition) is 3. The maximum atomic E-state index is 6.08. The molecule has 2 N–H and O–H groups in total. The summed E-state index contributed by atoms with van der Waals surface area (Å²) in [6.07, 6.45) is 0. The lowest BCUT2D eigenvalue weighted by atomic mass is 10.2. The molecule has 0 bridgehead atoms. The summed E-state index contributed by atoms with van der Waals surface area (Å²) in [5.41, 5.74) is 7.41. The average molecular weight is 243 g/mol. The van der Waals surface area contributed by atoms with Gasteiger partial charge in [-0.15, -0.1) is 0 Å². The number of ether oxygens (including phenoxy) is 1. The van der Waals surface area contributed by atoms with Crippen molar-refractivity contribution in [2.24, 2.45) is 0 Å². The number of nitrogens with two attached hydrogens (primary N) is 1. The molecule has 0 spiro atoms. The number of nitrogens with zero attached hydrogens (tertiary/aromatic N) is 1. The summed E-state index contributed by atoms with van der Waals surface area (Å²) in [7, 11) is 0. The lowest BCUT2D eigenvalue weighted by Crippen LogP contribution is -2.21. The monoisotopic (exact) mass is 242 g/mol. The minimum atomic E-state index is 0.513. The fraction of sp³-hybridized carbons (Fsp3) is 0.500. The maximum Gasteiger partial charge on any atom is 0.145 e. The van der Waals surface area contributed by atoms with E-state index in [2.05, 4.69) is 18.7 Å². The van der Waals surface area contributed by atoms with Gasteiger partial charge in [0, 0.05) is 24.8 Å². The highest BCUT2D eigenvalue weighted by Gasteiger charge is 2.10. The van der Waals surface area contributed by atoms with Crippen molar-refractivity contribution in [2.75, 3.05) is 30.3 Å². The molecule has 16 heavy (non-hydrogen) atoms. The normalized spacial score (nSPS) is 10.2. The predicted molar refractivity (Wildman–Crippen MR) is 70.6 cm³/mol. The molecular weight excluding hydrogens is 224 g/mol. The van der Waals surface area contributed by atoms with Gasteiger partial charge in [-0.25, -0.2) is 0 Å². The Hall–Kier alpha value is -1.09. The summed E-state index contributed by atoms with van der Waals surface area (Å²) in [5.74, 6) is 0.664. The van der Waals surface area contributed by atoms with E-state index >= 15 is 0 Å². The van der Waals surface area contributed by atoms with Gasteiger partial charge < -0.3 is 15.4 Å². The van der Waals surface area contributed by atoms with Gasteiger partial charge in [-0.2, -0.15) is 0 Å². The van der Waals surface area contributed by atoms with Crippen LogP contribution in [-0.4, -0.2) is 19.7 Å². The molecule has 0 aromatic heterocycles. The summed E-state index contributed by atoms with van der Waals surface area (Å²) in [5, 5.41) is 0.549. The predicted octanol–water partition coefficient (Wildman–Crippen LogP) is 3.17. The number of anilines is 2. The molecule has 0 aliphatic carbocycles. The van der Waals surface area contributed by atoms with E-state index in [-0.39, 0.29) is 0 Å². The maximum absolute atomic E-state index is 6.08. The van der Waals surface area contributed by atoms with Crippen LogP contribution in [0.5, 0.6) is 5.75 Å². The van der Waals surface area contributed by atoms with Gasteiger partial charge in [0.25, 0.3) is 0 Å². The zero-order valence-electron chi connectivity index (χ0n) is 10.1.